The summed E-state index contributed by atoms with van der Waals surface area (Å²) in [6.45, 7) is 1.99. The molecule has 3 rings (SSSR count). The van der Waals surface area contributed by atoms with E-state index >= 15 is 0 Å². The molecule has 1 aliphatic carbocycles. The van der Waals surface area contributed by atoms with E-state index in [1.165, 1.54) is 12.1 Å². The van der Waals surface area contributed by atoms with Crippen LogP contribution in [0.2, 0.25) is 0 Å². The van der Waals surface area contributed by atoms with Gasteiger partial charge in [0.15, 0.2) is 0 Å². The van der Waals surface area contributed by atoms with Crippen molar-refractivity contribution in [3.63, 3.8) is 0 Å². The summed E-state index contributed by atoms with van der Waals surface area (Å²) in [6, 6.07) is 5.70. The molecule has 1 atom stereocenters. The molecular formula is C20H27F3N2O. The Morgan fingerprint density at radius 3 is 2.54 bits per heavy atom. The van der Waals surface area contributed by atoms with Gasteiger partial charge in [-0.1, -0.05) is 31.0 Å². The van der Waals surface area contributed by atoms with Crippen molar-refractivity contribution in [3.05, 3.63) is 35.4 Å². The second-order valence-electron chi connectivity index (χ2n) is 7.51. The summed E-state index contributed by atoms with van der Waals surface area (Å²) in [5, 5.41) is 3.29. The molecule has 0 radical (unpaired) electrons. The van der Waals surface area contributed by atoms with Crippen LogP contribution < -0.4 is 5.32 Å². The zero-order valence-corrected chi connectivity index (χ0v) is 15.0. The molecule has 2 fully saturated rings. The van der Waals surface area contributed by atoms with Crippen molar-refractivity contribution < 1.29 is 18.0 Å². The van der Waals surface area contributed by atoms with E-state index in [1.807, 2.05) is 0 Å². The van der Waals surface area contributed by atoms with Gasteiger partial charge in [0.2, 0.25) is 5.91 Å². The molecular weight excluding hydrogens is 341 g/mol. The quantitative estimate of drug-likeness (QED) is 0.809. The van der Waals surface area contributed by atoms with Gasteiger partial charge in [0.1, 0.15) is 0 Å². The Kier molecular flexibility index (Phi) is 6.22. The molecule has 1 heterocycles. The fourth-order valence-corrected chi connectivity index (χ4v) is 4.19. The summed E-state index contributed by atoms with van der Waals surface area (Å²) in [5.74, 6) is 0.507. The summed E-state index contributed by atoms with van der Waals surface area (Å²) in [5.41, 5.74) is -0.432. The summed E-state index contributed by atoms with van der Waals surface area (Å²) < 4.78 is 40.0. The van der Waals surface area contributed by atoms with Gasteiger partial charge in [0, 0.05) is 19.0 Å². The van der Waals surface area contributed by atoms with Crippen LogP contribution in [-0.2, 0) is 17.5 Å². The second kappa shape index (κ2) is 8.42. The van der Waals surface area contributed by atoms with E-state index in [0.29, 0.717) is 12.3 Å². The van der Waals surface area contributed by atoms with E-state index in [9.17, 15) is 18.0 Å². The Balaban J connectivity index is 1.73. The molecule has 1 N–H and O–H groups in total. The highest BCUT2D eigenvalue weighted by molar-refractivity contribution is 5.76. The third-order valence-electron chi connectivity index (χ3n) is 5.68. The molecule has 0 bridgehead atoms. The monoisotopic (exact) mass is 368 g/mol. The highest BCUT2D eigenvalue weighted by Crippen LogP contribution is 2.34. The largest absolute Gasteiger partial charge is 0.416 e. The van der Waals surface area contributed by atoms with Crippen LogP contribution in [0.5, 0.6) is 0 Å². The van der Waals surface area contributed by atoms with Gasteiger partial charge in [-0.15, -0.1) is 0 Å². The standard InChI is InChI=1S/C20H27F3N2O/c21-20(22,23)18-8-4-1-5-16(18)14-25(17-6-2-3-7-17)19(26)10-9-15-11-12-24-13-15/h1,4-5,8,15,17,24H,2-3,6-7,9-14H2. The van der Waals surface area contributed by atoms with Crippen molar-refractivity contribution in [1.82, 2.24) is 10.2 Å². The van der Waals surface area contributed by atoms with Gasteiger partial charge < -0.3 is 10.2 Å². The SMILES string of the molecule is O=C(CCC1CCNC1)N(Cc1ccccc1C(F)(F)F)C1CCCC1. The van der Waals surface area contributed by atoms with Crippen LogP contribution in [0.25, 0.3) is 0 Å². The van der Waals surface area contributed by atoms with Crippen molar-refractivity contribution in [2.75, 3.05) is 13.1 Å². The maximum absolute atomic E-state index is 13.3. The van der Waals surface area contributed by atoms with Crippen LogP contribution in [0.1, 0.15) is 56.1 Å². The minimum absolute atomic E-state index is 0.000720. The predicted molar refractivity (Wildman–Crippen MR) is 94.5 cm³/mol. The number of rotatable bonds is 6. The van der Waals surface area contributed by atoms with Crippen molar-refractivity contribution in [3.8, 4) is 0 Å². The third kappa shape index (κ3) is 4.78. The highest BCUT2D eigenvalue weighted by atomic mass is 19.4. The molecule has 2 aliphatic rings. The summed E-state index contributed by atoms with van der Waals surface area (Å²) in [7, 11) is 0. The molecule has 1 aromatic rings. The first-order valence-corrected chi connectivity index (χ1v) is 9.60. The molecule has 0 aromatic heterocycles. The predicted octanol–water partition coefficient (Wildman–Crippen LogP) is 4.37. The summed E-state index contributed by atoms with van der Waals surface area (Å²) >= 11 is 0. The topological polar surface area (TPSA) is 32.3 Å². The minimum Gasteiger partial charge on any atom is -0.335 e. The zero-order valence-electron chi connectivity index (χ0n) is 15.0. The molecule has 26 heavy (non-hydrogen) atoms. The Morgan fingerprint density at radius 2 is 1.88 bits per heavy atom. The summed E-state index contributed by atoms with van der Waals surface area (Å²) in [4.78, 5) is 14.6. The lowest BCUT2D eigenvalue weighted by atomic mass is 10.0. The van der Waals surface area contributed by atoms with Crippen molar-refractivity contribution in [2.45, 2.75) is 63.7 Å². The number of nitrogens with one attached hydrogen (secondary N) is 1. The summed E-state index contributed by atoms with van der Waals surface area (Å²) in [6.07, 6.45) is 1.80. The molecule has 144 valence electrons. The first kappa shape index (κ1) is 19.2. The number of hydrogen-bond acceptors (Lipinski definition) is 2. The number of alkyl halides is 3. The normalized spacial score (nSPS) is 21.3. The lowest BCUT2D eigenvalue weighted by Gasteiger charge is -2.30. The van der Waals surface area contributed by atoms with Crippen LogP contribution in [0.3, 0.4) is 0 Å². The molecule has 1 aliphatic heterocycles. The fraction of sp³-hybridized carbons (Fsp3) is 0.650. The Bertz CT molecular complexity index is 605. The van der Waals surface area contributed by atoms with Gasteiger partial charge in [0.25, 0.3) is 0 Å². The first-order valence-electron chi connectivity index (χ1n) is 9.60. The van der Waals surface area contributed by atoms with Crippen molar-refractivity contribution in [1.29, 1.82) is 0 Å². The first-order chi connectivity index (χ1) is 12.4. The molecule has 1 saturated heterocycles. The van der Waals surface area contributed by atoms with E-state index in [2.05, 4.69) is 5.32 Å². The number of hydrogen-bond donors (Lipinski definition) is 1. The van der Waals surface area contributed by atoms with E-state index in [-0.39, 0.29) is 24.1 Å². The van der Waals surface area contributed by atoms with Crippen LogP contribution in [0.15, 0.2) is 24.3 Å². The van der Waals surface area contributed by atoms with Gasteiger partial charge in [-0.3, -0.25) is 4.79 Å². The lowest BCUT2D eigenvalue weighted by molar-refractivity contribution is -0.140. The van der Waals surface area contributed by atoms with E-state index in [1.54, 1.807) is 11.0 Å². The second-order valence-corrected chi connectivity index (χ2v) is 7.51. The Hall–Kier alpha value is -1.56. The average molecular weight is 368 g/mol. The molecule has 0 spiro atoms. The van der Waals surface area contributed by atoms with Crippen LogP contribution in [-0.4, -0.2) is 29.9 Å². The number of carbonyl (C=O) groups excluding carboxylic acids is 1. The number of benzene rings is 1. The minimum atomic E-state index is -4.39. The zero-order chi connectivity index (χ0) is 18.6. The smallest absolute Gasteiger partial charge is 0.335 e. The van der Waals surface area contributed by atoms with Gasteiger partial charge >= 0.3 is 6.18 Å². The maximum Gasteiger partial charge on any atom is 0.416 e. The van der Waals surface area contributed by atoms with Gasteiger partial charge in [-0.25, -0.2) is 0 Å². The van der Waals surface area contributed by atoms with Gasteiger partial charge in [-0.05, 0) is 56.3 Å². The van der Waals surface area contributed by atoms with Gasteiger partial charge in [-0.2, -0.15) is 13.2 Å². The Morgan fingerprint density at radius 1 is 1.15 bits per heavy atom. The maximum atomic E-state index is 13.3. The fourth-order valence-electron chi connectivity index (χ4n) is 4.19. The van der Waals surface area contributed by atoms with E-state index in [4.69, 9.17) is 0 Å². The molecule has 1 saturated carbocycles. The molecule has 1 amide bonds. The van der Waals surface area contributed by atoms with Crippen molar-refractivity contribution in [2.24, 2.45) is 5.92 Å². The third-order valence-corrected chi connectivity index (χ3v) is 5.68. The Labute approximate surface area is 152 Å². The van der Waals surface area contributed by atoms with E-state index < -0.39 is 11.7 Å². The molecule has 1 aromatic carbocycles. The van der Waals surface area contributed by atoms with Crippen LogP contribution in [0.4, 0.5) is 13.2 Å². The van der Waals surface area contributed by atoms with Crippen molar-refractivity contribution >= 4 is 5.91 Å². The number of amides is 1. The van der Waals surface area contributed by atoms with Gasteiger partial charge in [0.05, 0.1) is 5.56 Å². The average Bonchev–Trinajstić information content (AvgIpc) is 3.30. The van der Waals surface area contributed by atoms with E-state index in [0.717, 1.165) is 57.7 Å². The molecule has 3 nitrogen and oxygen atoms in total. The number of carbonyl (C=O) groups is 1. The van der Waals surface area contributed by atoms with Crippen LogP contribution in [0, 0.1) is 5.92 Å². The lowest BCUT2D eigenvalue weighted by Crippen LogP contribution is -2.39. The number of nitrogens with zero attached hydrogens (tertiary/aromatic N) is 1. The van der Waals surface area contributed by atoms with Crippen LogP contribution >= 0.6 is 0 Å². The number of halogens is 3. The highest BCUT2D eigenvalue weighted by Gasteiger charge is 2.35. The molecule has 6 heteroatoms. The molecule has 1 unspecified atom stereocenters.